The number of halogens is 1. The predicted molar refractivity (Wildman–Crippen MR) is 226 cm³/mol. The van der Waals surface area contributed by atoms with E-state index in [2.05, 4.69) is 27.2 Å². The van der Waals surface area contributed by atoms with Crippen molar-refractivity contribution >= 4 is 44.9 Å². The Bertz CT molecular complexity index is 2180. The lowest BCUT2D eigenvalue weighted by Crippen LogP contribution is -2.65. The number of allylic oxidation sites excluding steroid dienone is 1. The van der Waals surface area contributed by atoms with Crippen molar-refractivity contribution in [2.45, 2.75) is 35.5 Å². The van der Waals surface area contributed by atoms with Gasteiger partial charge >= 0.3 is 0 Å². The summed E-state index contributed by atoms with van der Waals surface area (Å²) < 4.78 is 25.0. The molecule has 0 aromatic heterocycles. The Hall–Kier alpha value is -4.34. The van der Waals surface area contributed by atoms with E-state index in [4.69, 9.17) is 16.7 Å². The predicted octanol–water partition coefficient (Wildman–Crippen LogP) is 6.34. The van der Waals surface area contributed by atoms with Gasteiger partial charge in [0.1, 0.15) is 0 Å². The van der Waals surface area contributed by atoms with Gasteiger partial charge < -0.3 is 9.80 Å². The summed E-state index contributed by atoms with van der Waals surface area (Å²) in [5, 5.41) is 22.6. The third-order valence-electron chi connectivity index (χ3n) is 10.2. The number of nitrogens with zero attached hydrogens (tertiary/aromatic N) is 4. The molecule has 0 radical (unpaired) electrons. The number of ketones is 1. The molecule has 4 aromatic rings. The Balaban J connectivity index is 1.29. The van der Waals surface area contributed by atoms with Crippen LogP contribution in [0.15, 0.2) is 131 Å². The number of benzene rings is 4. The first-order valence-electron chi connectivity index (χ1n) is 18.5. The third kappa shape index (κ3) is 9.96. The van der Waals surface area contributed by atoms with Crippen LogP contribution in [0.1, 0.15) is 22.3 Å². The summed E-state index contributed by atoms with van der Waals surface area (Å²) in [5.41, 5.74) is 2.49. The van der Waals surface area contributed by atoms with Crippen LogP contribution in [0.3, 0.4) is 0 Å². The largest absolute Gasteiger partial charge is 0.368 e. The molecule has 0 spiro atoms. The minimum atomic E-state index is -4.30. The molecular weight excluding hydrogens is 768 g/mol. The number of anilines is 1. The molecule has 0 bridgehead atoms. The number of piperazine rings is 1. The van der Waals surface area contributed by atoms with Crippen LogP contribution in [0.4, 0.5) is 5.69 Å². The molecule has 4 aromatic carbocycles. The third-order valence-corrected chi connectivity index (χ3v) is 12.6. The molecule has 1 fully saturated rings. The van der Waals surface area contributed by atoms with Crippen LogP contribution in [-0.4, -0.2) is 99.1 Å². The second-order valence-corrected chi connectivity index (χ2v) is 17.5. The van der Waals surface area contributed by atoms with Crippen LogP contribution in [0.2, 0.25) is 5.02 Å². The summed E-state index contributed by atoms with van der Waals surface area (Å²) in [6.45, 7) is 4.08. The average Bonchev–Trinajstić information content (AvgIpc) is 3.19. The average molecular weight is 815 g/mol. The first-order valence-corrected chi connectivity index (χ1v) is 21.4. The van der Waals surface area contributed by atoms with Gasteiger partial charge in [-0.2, -0.15) is 0 Å². The lowest BCUT2D eigenvalue weighted by Gasteiger charge is -2.40. The van der Waals surface area contributed by atoms with Crippen LogP contribution in [-0.2, 0) is 16.6 Å². The highest BCUT2D eigenvalue weighted by Crippen LogP contribution is 2.35. The maximum atomic E-state index is 15.2. The van der Waals surface area contributed by atoms with Gasteiger partial charge in [-0.25, -0.2) is 13.6 Å². The van der Waals surface area contributed by atoms with Gasteiger partial charge in [0.25, 0.3) is 6.04 Å². The number of nitrogens with two attached hydrogens (primary N) is 1. The lowest BCUT2D eigenvalue weighted by molar-refractivity contribution is -0.516. The van der Waals surface area contributed by atoms with Crippen molar-refractivity contribution in [1.29, 1.82) is 0 Å². The zero-order chi connectivity index (χ0) is 39.9. The SMILES string of the molecule is CN(C)CC[C@H](CSc1ccccc1)NC1(C(=O)c2ccccc2N2CCN(Cc3ccccc3-c3ccc(Cl)cc3)CC2)C=CC(S(N)(=O)=O)=CC1[N+](=O)[O-]. The maximum Gasteiger partial charge on any atom is 0.261 e. The first-order chi connectivity index (χ1) is 26.8. The van der Waals surface area contributed by atoms with E-state index in [1.807, 2.05) is 97.9 Å². The van der Waals surface area contributed by atoms with E-state index in [-0.39, 0.29) is 6.04 Å². The van der Waals surface area contributed by atoms with Gasteiger partial charge in [-0.15, -0.1) is 11.8 Å². The Labute approximate surface area is 338 Å². The number of nitro groups is 1. The second-order valence-electron chi connectivity index (χ2n) is 14.4. The summed E-state index contributed by atoms with van der Waals surface area (Å²) >= 11 is 7.74. The van der Waals surface area contributed by atoms with Crippen molar-refractivity contribution < 1.29 is 18.1 Å². The zero-order valence-corrected chi connectivity index (χ0v) is 33.8. The Morgan fingerprint density at radius 1 is 0.982 bits per heavy atom. The normalized spacial score (nSPS) is 19.5. The van der Waals surface area contributed by atoms with E-state index in [0.717, 1.165) is 41.7 Å². The van der Waals surface area contributed by atoms with Gasteiger partial charge in [-0.1, -0.05) is 78.3 Å². The molecule has 0 amide bonds. The zero-order valence-electron chi connectivity index (χ0n) is 31.5. The molecule has 0 saturated carbocycles. The number of carbonyl (C=O) groups is 1. The van der Waals surface area contributed by atoms with Gasteiger partial charge in [-0.3, -0.25) is 25.1 Å². The molecule has 3 N–H and O–H groups in total. The number of rotatable bonds is 16. The van der Waals surface area contributed by atoms with Crippen LogP contribution >= 0.6 is 23.4 Å². The molecule has 14 heteroatoms. The van der Waals surface area contributed by atoms with Gasteiger partial charge in [0.05, 0.1) is 4.91 Å². The molecule has 1 heterocycles. The number of Topliss-reactive ketones (excluding diaryl/α,β-unsaturated/α-hetero) is 1. The molecular formula is C42H47ClN6O5S2. The molecule has 11 nitrogen and oxygen atoms in total. The first kappa shape index (κ1) is 41.3. The number of para-hydroxylation sites is 1. The Morgan fingerprint density at radius 3 is 2.32 bits per heavy atom. The van der Waals surface area contributed by atoms with Crippen LogP contribution < -0.4 is 15.4 Å². The minimum absolute atomic E-state index is 0.313. The Kier molecular flexibility index (Phi) is 13.5. The summed E-state index contributed by atoms with van der Waals surface area (Å²) in [7, 11) is -0.416. The summed E-state index contributed by atoms with van der Waals surface area (Å²) in [4.78, 5) is 34.7. The molecule has 3 atom stereocenters. The molecule has 6 rings (SSSR count). The van der Waals surface area contributed by atoms with Gasteiger partial charge in [-0.05, 0) is 92.3 Å². The van der Waals surface area contributed by atoms with E-state index < -0.39 is 37.2 Å². The summed E-state index contributed by atoms with van der Waals surface area (Å²) in [6, 6.07) is 31.0. The summed E-state index contributed by atoms with van der Waals surface area (Å²) in [5.74, 6) is -0.0172. The Morgan fingerprint density at radius 2 is 1.64 bits per heavy atom. The van der Waals surface area contributed by atoms with E-state index in [9.17, 15) is 18.5 Å². The molecule has 1 saturated heterocycles. The number of primary sulfonamides is 1. The van der Waals surface area contributed by atoms with Crippen LogP contribution in [0.25, 0.3) is 11.1 Å². The van der Waals surface area contributed by atoms with Crippen LogP contribution in [0.5, 0.6) is 0 Å². The van der Waals surface area contributed by atoms with Gasteiger partial charge in [0, 0.05) is 76.7 Å². The number of thioether (sulfide) groups is 1. The maximum absolute atomic E-state index is 15.2. The highest BCUT2D eigenvalue weighted by atomic mass is 35.5. The van der Waals surface area contributed by atoms with E-state index in [0.29, 0.717) is 48.1 Å². The van der Waals surface area contributed by atoms with Crippen molar-refractivity contribution in [3.05, 3.63) is 153 Å². The second kappa shape index (κ2) is 18.3. The fourth-order valence-electron chi connectivity index (χ4n) is 7.26. The van der Waals surface area contributed by atoms with Crippen molar-refractivity contribution in [1.82, 2.24) is 15.1 Å². The van der Waals surface area contributed by atoms with Gasteiger partial charge in [0.15, 0.2) is 11.3 Å². The standard InChI is InChI=1S/C42H47ClN6O5S2/c1-46(2)23-21-34(30-55-35-11-4-3-5-12-35)45-42(22-20-36(56(44,53)54)28-40(42)49(51)52)41(50)38-14-8-9-15-39(38)48-26-24-47(25-27-48)29-32-10-6-7-13-37(32)31-16-18-33(43)19-17-31/h3-20,22,28,34,40,45H,21,23-27,29-30H2,1-2H3,(H2,44,53,54)/t34-,40?,42?/m1/s1. The molecule has 1 aliphatic heterocycles. The monoisotopic (exact) mass is 814 g/mol. The fourth-order valence-corrected chi connectivity index (χ4v) is 8.96. The highest BCUT2D eigenvalue weighted by Gasteiger charge is 2.54. The summed E-state index contributed by atoms with van der Waals surface area (Å²) in [6.07, 6.45) is 4.12. The molecule has 56 heavy (non-hydrogen) atoms. The van der Waals surface area contributed by atoms with Crippen LogP contribution in [0, 0.1) is 10.1 Å². The number of sulfonamides is 1. The van der Waals surface area contributed by atoms with E-state index in [1.165, 1.54) is 17.7 Å². The van der Waals surface area contributed by atoms with Crippen molar-refractivity contribution in [2.24, 2.45) is 5.14 Å². The van der Waals surface area contributed by atoms with Crippen molar-refractivity contribution in [3.63, 3.8) is 0 Å². The molecule has 1 aliphatic carbocycles. The lowest BCUT2D eigenvalue weighted by atomic mass is 9.78. The fraction of sp³-hybridized carbons (Fsp3) is 0.310. The number of hydrogen-bond donors (Lipinski definition) is 2. The van der Waals surface area contributed by atoms with Crippen molar-refractivity contribution in [3.8, 4) is 11.1 Å². The molecule has 2 unspecified atom stereocenters. The van der Waals surface area contributed by atoms with Crippen molar-refractivity contribution in [2.75, 3.05) is 57.5 Å². The van der Waals surface area contributed by atoms with Gasteiger partial charge in [0.2, 0.25) is 10.0 Å². The number of hydrogen-bond acceptors (Lipinski definition) is 10. The topological polar surface area (TPSA) is 142 Å². The number of nitrogens with one attached hydrogen (secondary N) is 1. The smallest absolute Gasteiger partial charge is 0.261 e. The quantitative estimate of drug-likeness (QED) is 0.0570. The number of carbonyl (C=O) groups excluding carboxylic acids is 1. The molecule has 294 valence electrons. The van der Waals surface area contributed by atoms with E-state index in [1.54, 1.807) is 23.9 Å². The highest BCUT2D eigenvalue weighted by molar-refractivity contribution is 7.99. The molecule has 2 aliphatic rings. The minimum Gasteiger partial charge on any atom is -0.368 e. The van der Waals surface area contributed by atoms with E-state index >= 15 is 4.79 Å².